The molecule has 3 heteroatoms. The highest BCUT2D eigenvalue weighted by atomic mass is 16.5. The molecule has 0 heterocycles. The van der Waals surface area contributed by atoms with Gasteiger partial charge in [0.05, 0.1) is 12.6 Å². The maximum Gasteiger partial charge on any atom is 0.407 e. The summed E-state index contributed by atoms with van der Waals surface area (Å²) in [7, 11) is 0. The Kier molecular flexibility index (Phi) is 2.95. The third-order valence-electron chi connectivity index (χ3n) is 1.59. The van der Waals surface area contributed by atoms with Gasteiger partial charge in [-0.05, 0) is 19.8 Å². The molecular weight excluding hydrogens is 142 g/mol. The molecule has 1 aliphatic rings. The van der Waals surface area contributed by atoms with E-state index in [1.54, 1.807) is 6.92 Å². The summed E-state index contributed by atoms with van der Waals surface area (Å²) >= 11 is 0. The summed E-state index contributed by atoms with van der Waals surface area (Å²) in [6, 6.07) is 0.189. The molecule has 0 aromatic heterocycles. The van der Waals surface area contributed by atoms with E-state index in [2.05, 4.69) is 11.4 Å². The average molecular weight is 155 g/mol. The standard InChI is InChI=1S/C8H13NO2/c1-2-11-8(10)9-7-5-3-4-6-7/h3,5,7H,2,4,6H2,1H3,(H,9,10). The van der Waals surface area contributed by atoms with Crippen molar-refractivity contribution in [2.24, 2.45) is 0 Å². The lowest BCUT2D eigenvalue weighted by molar-refractivity contribution is 0.150. The van der Waals surface area contributed by atoms with Crippen molar-refractivity contribution < 1.29 is 9.53 Å². The van der Waals surface area contributed by atoms with Crippen LogP contribution in [0.25, 0.3) is 0 Å². The first kappa shape index (κ1) is 8.11. The Hall–Kier alpha value is -0.990. The van der Waals surface area contributed by atoms with Crippen LogP contribution in [0.3, 0.4) is 0 Å². The van der Waals surface area contributed by atoms with Crippen molar-refractivity contribution in [2.75, 3.05) is 6.61 Å². The van der Waals surface area contributed by atoms with Gasteiger partial charge in [0.25, 0.3) is 0 Å². The van der Waals surface area contributed by atoms with Gasteiger partial charge in [-0.15, -0.1) is 0 Å². The highest BCUT2D eigenvalue weighted by Crippen LogP contribution is 2.08. The van der Waals surface area contributed by atoms with Crippen LogP contribution in [0.4, 0.5) is 4.79 Å². The van der Waals surface area contributed by atoms with Crippen molar-refractivity contribution >= 4 is 6.09 Å². The Morgan fingerprint density at radius 3 is 3.18 bits per heavy atom. The van der Waals surface area contributed by atoms with Crippen LogP contribution in [-0.4, -0.2) is 18.7 Å². The Morgan fingerprint density at radius 1 is 1.82 bits per heavy atom. The van der Waals surface area contributed by atoms with Gasteiger partial charge in [0.2, 0.25) is 0 Å². The molecule has 1 amide bonds. The maximum absolute atomic E-state index is 10.8. The predicted octanol–water partition coefficient (Wildman–Crippen LogP) is 1.45. The summed E-state index contributed by atoms with van der Waals surface area (Å²) in [5.74, 6) is 0. The largest absolute Gasteiger partial charge is 0.450 e. The van der Waals surface area contributed by atoms with Gasteiger partial charge in [0.1, 0.15) is 0 Å². The third kappa shape index (κ3) is 2.62. The Bertz CT molecular complexity index is 165. The van der Waals surface area contributed by atoms with Gasteiger partial charge in [-0.2, -0.15) is 0 Å². The van der Waals surface area contributed by atoms with E-state index in [1.165, 1.54) is 0 Å². The summed E-state index contributed by atoms with van der Waals surface area (Å²) in [5.41, 5.74) is 0. The zero-order valence-corrected chi connectivity index (χ0v) is 6.67. The van der Waals surface area contributed by atoms with E-state index in [4.69, 9.17) is 4.74 Å². The molecule has 1 atom stereocenters. The second kappa shape index (κ2) is 4.01. The van der Waals surface area contributed by atoms with Gasteiger partial charge in [-0.1, -0.05) is 12.2 Å². The van der Waals surface area contributed by atoms with Gasteiger partial charge in [-0.3, -0.25) is 0 Å². The van der Waals surface area contributed by atoms with Gasteiger partial charge in [0.15, 0.2) is 0 Å². The van der Waals surface area contributed by atoms with Crippen molar-refractivity contribution in [1.29, 1.82) is 0 Å². The SMILES string of the molecule is CCOC(=O)NC1C=CCC1. The minimum absolute atomic E-state index is 0.189. The minimum Gasteiger partial charge on any atom is -0.450 e. The molecule has 3 nitrogen and oxygen atoms in total. The molecular formula is C8H13NO2. The van der Waals surface area contributed by atoms with Crippen LogP contribution in [-0.2, 0) is 4.74 Å². The number of hydrogen-bond donors (Lipinski definition) is 1. The number of ether oxygens (including phenoxy) is 1. The predicted molar refractivity (Wildman–Crippen MR) is 42.3 cm³/mol. The number of carbonyl (C=O) groups excluding carboxylic acids is 1. The maximum atomic E-state index is 10.8. The van der Waals surface area contributed by atoms with Crippen LogP contribution in [0.1, 0.15) is 19.8 Å². The van der Waals surface area contributed by atoms with Crippen molar-refractivity contribution in [3.05, 3.63) is 12.2 Å². The smallest absolute Gasteiger partial charge is 0.407 e. The first-order chi connectivity index (χ1) is 5.33. The number of carbonyl (C=O) groups is 1. The number of rotatable bonds is 2. The van der Waals surface area contributed by atoms with Crippen LogP contribution in [0.15, 0.2) is 12.2 Å². The van der Waals surface area contributed by atoms with Crippen molar-refractivity contribution in [2.45, 2.75) is 25.8 Å². The van der Waals surface area contributed by atoms with Crippen LogP contribution in [0.2, 0.25) is 0 Å². The molecule has 0 radical (unpaired) electrons. The van der Waals surface area contributed by atoms with E-state index in [1.807, 2.05) is 6.08 Å². The molecule has 62 valence electrons. The fourth-order valence-corrected chi connectivity index (χ4v) is 1.08. The molecule has 1 unspecified atom stereocenters. The normalized spacial score (nSPS) is 21.7. The second-order valence-electron chi connectivity index (χ2n) is 2.48. The molecule has 0 saturated carbocycles. The van der Waals surface area contributed by atoms with E-state index in [0.29, 0.717) is 6.61 Å². The van der Waals surface area contributed by atoms with E-state index in [0.717, 1.165) is 12.8 Å². The lowest BCUT2D eigenvalue weighted by Gasteiger charge is -2.09. The zero-order valence-electron chi connectivity index (χ0n) is 6.67. The highest BCUT2D eigenvalue weighted by molar-refractivity contribution is 5.67. The number of nitrogens with one attached hydrogen (secondary N) is 1. The van der Waals surface area contributed by atoms with Crippen molar-refractivity contribution in [3.8, 4) is 0 Å². The van der Waals surface area contributed by atoms with Gasteiger partial charge in [0, 0.05) is 0 Å². The van der Waals surface area contributed by atoms with E-state index in [-0.39, 0.29) is 12.1 Å². The summed E-state index contributed by atoms with van der Waals surface area (Å²) in [4.78, 5) is 10.8. The van der Waals surface area contributed by atoms with Crippen molar-refractivity contribution in [1.82, 2.24) is 5.32 Å². The lowest BCUT2D eigenvalue weighted by atomic mass is 10.3. The molecule has 1 aliphatic carbocycles. The minimum atomic E-state index is -0.316. The van der Waals surface area contributed by atoms with E-state index in [9.17, 15) is 4.79 Å². The van der Waals surface area contributed by atoms with Gasteiger partial charge in [-0.25, -0.2) is 4.79 Å². The summed E-state index contributed by atoms with van der Waals surface area (Å²) < 4.78 is 4.72. The summed E-state index contributed by atoms with van der Waals surface area (Å²) in [6.07, 6.45) is 5.80. The summed E-state index contributed by atoms with van der Waals surface area (Å²) in [6.45, 7) is 2.23. The average Bonchev–Trinajstić information content (AvgIpc) is 2.40. The third-order valence-corrected chi connectivity index (χ3v) is 1.59. The number of hydrogen-bond acceptors (Lipinski definition) is 2. The molecule has 0 bridgehead atoms. The van der Waals surface area contributed by atoms with Gasteiger partial charge >= 0.3 is 6.09 Å². The zero-order chi connectivity index (χ0) is 8.10. The van der Waals surface area contributed by atoms with E-state index >= 15 is 0 Å². The Labute approximate surface area is 66.4 Å². The molecule has 11 heavy (non-hydrogen) atoms. The molecule has 1 N–H and O–H groups in total. The first-order valence-corrected chi connectivity index (χ1v) is 3.93. The molecule has 0 aliphatic heterocycles. The molecule has 0 aromatic carbocycles. The summed E-state index contributed by atoms with van der Waals surface area (Å²) in [5, 5.41) is 2.73. The number of alkyl carbamates (subject to hydrolysis) is 1. The number of amides is 1. The van der Waals surface area contributed by atoms with Crippen LogP contribution in [0.5, 0.6) is 0 Å². The number of allylic oxidation sites excluding steroid dienone is 1. The molecule has 0 saturated heterocycles. The molecule has 1 rings (SSSR count). The van der Waals surface area contributed by atoms with Crippen molar-refractivity contribution in [3.63, 3.8) is 0 Å². The van der Waals surface area contributed by atoms with Crippen LogP contribution >= 0.6 is 0 Å². The highest BCUT2D eigenvalue weighted by Gasteiger charge is 2.11. The fourth-order valence-electron chi connectivity index (χ4n) is 1.08. The quantitative estimate of drug-likeness (QED) is 0.613. The van der Waals surface area contributed by atoms with E-state index < -0.39 is 0 Å². The Balaban J connectivity index is 2.19. The second-order valence-corrected chi connectivity index (χ2v) is 2.48. The fraction of sp³-hybridized carbons (Fsp3) is 0.625. The molecule has 0 spiro atoms. The lowest BCUT2D eigenvalue weighted by Crippen LogP contribution is -2.32. The molecule has 0 fully saturated rings. The van der Waals surface area contributed by atoms with Crippen LogP contribution < -0.4 is 5.32 Å². The molecule has 0 aromatic rings. The topological polar surface area (TPSA) is 38.3 Å². The monoisotopic (exact) mass is 155 g/mol. The first-order valence-electron chi connectivity index (χ1n) is 3.93. The Morgan fingerprint density at radius 2 is 2.64 bits per heavy atom. The van der Waals surface area contributed by atoms with Gasteiger partial charge < -0.3 is 10.1 Å². The van der Waals surface area contributed by atoms with Crippen LogP contribution in [0, 0.1) is 0 Å².